The minimum Gasteiger partial charge on any atom is -0.326 e. The number of likely N-dealkylation sites (tertiary alicyclic amines) is 1. The highest BCUT2D eigenvalue weighted by Crippen LogP contribution is 2.22. The molecule has 1 amide bonds. The second-order valence-corrected chi connectivity index (χ2v) is 7.87. The van der Waals surface area contributed by atoms with Crippen molar-refractivity contribution in [3.63, 3.8) is 0 Å². The van der Waals surface area contributed by atoms with Crippen molar-refractivity contribution in [2.24, 2.45) is 5.92 Å². The Hall–Kier alpha value is -2.58. The van der Waals surface area contributed by atoms with Crippen molar-refractivity contribution in [2.45, 2.75) is 26.3 Å². The highest BCUT2D eigenvalue weighted by molar-refractivity contribution is 7.16. The predicted molar refractivity (Wildman–Crippen MR) is 105 cm³/mol. The lowest BCUT2D eigenvalue weighted by Gasteiger charge is -2.30. The van der Waals surface area contributed by atoms with Crippen LogP contribution in [-0.4, -0.2) is 38.5 Å². The summed E-state index contributed by atoms with van der Waals surface area (Å²) in [5.41, 5.74) is 1.41. The maximum Gasteiger partial charge on any atom is 0.275 e. The van der Waals surface area contributed by atoms with Crippen LogP contribution < -0.4 is 10.9 Å². The Morgan fingerprint density at radius 1 is 1.26 bits per heavy atom. The number of hydrogen-bond acceptors (Lipinski definition) is 6. The number of piperidine rings is 1. The fraction of sp³-hybridized carbons (Fsp3) is 0.368. The van der Waals surface area contributed by atoms with Crippen molar-refractivity contribution in [1.29, 1.82) is 0 Å². The Morgan fingerprint density at radius 2 is 2.00 bits per heavy atom. The number of aromatic nitrogens is 3. The van der Waals surface area contributed by atoms with Crippen LogP contribution in [0.1, 0.15) is 23.5 Å². The van der Waals surface area contributed by atoms with Crippen LogP contribution in [0.4, 0.5) is 5.69 Å². The van der Waals surface area contributed by atoms with E-state index in [2.05, 4.69) is 20.3 Å². The van der Waals surface area contributed by atoms with Gasteiger partial charge in [0.15, 0.2) is 0 Å². The average Bonchev–Trinajstić information content (AvgIpc) is 3.06. The molecule has 1 aromatic carbocycles. The number of amides is 1. The molecule has 1 N–H and O–H groups in total. The monoisotopic (exact) mass is 383 g/mol. The molecule has 0 radical (unpaired) electrons. The Kier molecular flexibility index (Phi) is 5.00. The molecular weight excluding hydrogens is 362 g/mol. The number of benzene rings is 1. The number of hydrogen-bond donors (Lipinski definition) is 1. The van der Waals surface area contributed by atoms with Crippen LogP contribution in [-0.2, 0) is 11.3 Å². The first-order chi connectivity index (χ1) is 13.1. The van der Waals surface area contributed by atoms with Crippen molar-refractivity contribution in [3.8, 4) is 0 Å². The molecule has 2 aromatic heterocycles. The van der Waals surface area contributed by atoms with E-state index in [-0.39, 0.29) is 17.4 Å². The Labute approximate surface area is 160 Å². The first kappa shape index (κ1) is 17.8. The number of rotatable bonds is 4. The number of nitrogens with one attached hydrogen (secondary N) is 1. The number of para-hydroxylation sites is 1. The lowest BCUT2D eigenvalue weighted by Crippen LogP contribution is -2.37. The number of fused-ring (bicyclic) bond motifs is 1. The molecule has 0 bridgehead atoms. The Bertz CT molecular complexity index is 1010. The first-order valence-electron chi connectivity index (χ1n) is 9.03. The van der Waals surface area contributed by atoms with Crippen LogP contribution in [0.5, 0.6) is 0 Å². The molecule has 4 rings (SSSR count). The summed E-state index contributed by atoms with van der Waals surface area (Å²) in [6.45, 7) is 4.17. The molecule has 1 aliphatic heterocycles. The van der Waals surface area contributed by atoms with Crippen molar-refractivity contribution in [1.82, 2.24) is 19.5 Å². The number of anilines is 1. The standard InChI is InChI=1S/C19H21N5O2S/c1-13-11-17(25)24-19(20-13)27-16(22-24)12-23-9-7-14(8-10-23)18(26)21-15-5-3-2-4-6-15/h2-6,11,14H,7-10,12H2,1H3,(H,21,26). The van der Waals surface area contributed by atoms with Gasteiger partial charge in [-0.15, -0.1) is 0 Å². The van der Waals surface area contributed by atoms with E-state index < -0.39 is 0 Å². The van der Waals surface area contributed by atoms with Crippen molar-refractivity contribution >= 4 is 27.9 Å². The van der Waals surface area contributed by atoms with Gasteiger partial charge < -0.3 is 5.32 Å². The van der Waals surface area contributed by atoms with E-state index in [4.69, 9.17) is 0 Å². The molecule has 0 aliphatic carbocycles. The van der Waals surface area contributed by atoms with Crippen molar-refractivity contribution in [3.05, 3.63) is 57.5 Å². The van der Waals surface area contributed by atoms with E-state index >= 15 is 0 Å². The molecule has 3 heterocycles. The van der Waals surface area contributed by atoms with E-state index in [1.807, 2.05) is 37.3 Å². The SMILES string of the molecule is Cc1cc(=O)n2nc(CN3CCC(C(=O)Nc4ccccc4)CC3)sc2n1. The summed E-state index contributed by atoms with van der Waals surface area (Å²) in [6.07, 6.45) is 1.64. The van der Waals surface area contributed by atoms with Crippen LogP contribution in [0.25, 0.3) is 4.96 Å². The third kappa shape index (κ3) is 4.06. The molecule has 3 aromatic rings. The fourth-order valence-corrected chi connectivity index (χ4v) is 4.32. The number of carbonyl (C=O) groups excluding carboxylic acids is 1. The van der Waals surface area contributed by atoms with Crippen LogP contribution in [0, 0.1) is 12.8 Å². The maximum absolute atomic E-state index is 12.4. The van der Waals surface area contributed by atoms with Gasteiger partial charge in [0, 0.05) is 23.4 Å². The van der Waals surface area contributed by atoms with Gasteiger partial charge in [-0.3, -0.25) is 14.5 Å². The zero-order valence-corrected chi connectivity index (χ0v) is 15.9. The second kappa shape index (κ2) is 7.58. The molecule has 27 heavy (non-hydrogen) atoms. The molecular formula is C19H21N5O2S. The molecule has 7 nitrogen and oxygen atoms in total. The lowest BCUT2D eigenvalue weighted by molar-refractivity contribution is -0.121. The van der Waals surface area contributed by atoms with E-state index in [1.54, 1.807) is 0 Å². The molecule has 140 valence electrons. The van der Waals surface area contributed by atoms with Gasteiger partial charge in [-0.1, -0.05) is 29.5 Å². The zero-order chi connectivity index (χ0) is 18.8. The summed E-state index contributed by atoms with van der Waals surface area (Å²) in [5.74, 6) is 0.121. The molecule has 1 aliphatic rings. The molecule has 1 saturated heterocycles. The summed E-state index contributed by atoms with van der Waals surface area (Å²) in [6, 6.07) is 11.1. The Balaban J connectivity index is 1.35. The molecule has 0 atom stereocenters. The highest BCUT2D eigenvalue weighted by Gasteiger charge is 2.25. The summed E-state index contributed by atoms with van der Waals surface area (Å²) in [5, 5.41) is 8.26. The van der Waals surface area contributed by atoms with Crippen LogP contribution in [0.15, 0.2) is 41.2 Å². The summed E-state index contributed by atoms with van der Waals surface area (Å²) >= 11 is 1.45. The smallest absolute Gasteiger partial charge is 0.275 e. The predicted octanol–water partition coefficient (Wildman–Crippen LogP) is 2.31. The number of aryl methyl sites for hydroxylation is 1. The molecule has 0 unspecified atom stereocenters. The van der Waals surface area contributed by atoms with E-state index in [1.165, 1.54) is 21.9 Å². The number of nitrogens with zero attached hydrogens (tertiary/aromatic N) is 4. The Morgan fingerprint density at radius 3 is 2.74 bits per heavy atom. The van der Waals surface area contributed by atoms with Gasteiger partial charge in [-0.25, -0.2) is 4.98 Å². The average molecular weight is 383 g/mol. The lowest BCUT2D eigenvalue weighted by atomic mass is 9.96. The minimum atomic E-state index is -0.142. The van der Waals surface area contributed by atoms with Crippen LogP contribution >= 0.6 is 11.3 Å². The largest absolute Gasteiger partial charge is 0.326 e. The van der Waals surface area contributed by atoms with Gasteiger partial charge in [-0.2, -0.15) is 9.61 Å². The van der Waals surface area contributed by atoms with Gasteiger partial charge >= 0.3 is 0 Å². The maximum atomic E-state index is 12.4. The molecule has 0 saturated carbocycles. The first-order valence-corrected chi connectivity index (χ1v) is 9.85. The summed E-state index contributed by atoms with van der Waals surface area (Å²) in [4.78, 5) is 31.7. The van der Waals surface area contributed by atoms with Crippen LogP contribution in [0.3, 0.4) is 0 Å². The quantitative estimate of drug-likeness (QED) is 0.748. The highest BCUT2D eigenvalue weighted by atomic mass is 32.1. The molecule has 1 fully saturated rings. The summed E-state index contributed by atoms with van der Waals surface area (Å²) in [7, 11) is 0. The topological polar surface area (TPSA) is 79.6 Å². The third-order valence-electron chi connectivity index (χ3n) is 4.77. The van der Waals surface area contributed by atoms with Gasteiger partial charge in [0.2, 0.25) is 10.9 Å². The van der Waals surface area contributed by atoms with Gasteiger partial charge in [0.25, 0.3) is 5.56 Å². The minimum absolute atomic E-state index is 0.0313. The molecule has 0 spiro atoms. The van der Waals surface area contributed by atoms with E-state index in [9.17, 15) is 9.59 Å². The van der Waals surface area contributed by atoms with E-state index in [0.717, 1.165) is 36.6 Å². The van der Waals surface area contributed by atoms with E-state index in [0.29, 0.717) is 17.2 Å². The second-order valence-electron chi connectivity index (χ2n) is 6.83. The molecule has 8 heteroatoms. The zero-order valence-electron chi connectivity index (χ0n) is 15.1. The summed E-state index contributed by atoms with van der Waals surface area (Å²) < 4.78 is 1.37. The number of carbonyl (C=O) groups is 1. The third-order valence-corrected chi connectivity index (χ3v) is 5.67. The van der Waals surface area contributed by atoms with Crippen LogP contribution in [0.2, 0.25) is 0 Å². The van der Waals surface area contributed by atoms with Crippen molar-refractivity contribution < 1.29 is 4.79 Å². The van der Waals surface area contributed by atoms with Gasteiger partial charge in [0.1, 0.15) is 5.01 Å². The normalized spacial score (nSPS) is 15.9. The fourth-order valence-electron chi connectivity index (χ4n) is 3.33. The van der Waals surface area contributed by atoms with Gasteiger partial charge in [-0.05, 0) is 45.0 Å². The van der Waals surface area contributed by atoms with Crippen molar-refractivity contribution in [2.75, 3.05) is 18.4 Å². The van der Waals surface area contributed by atoms with Gasteiger partial charge in [0.05, 0.1) is 6.54 Å².